The SMILES string of the molecule is NC(CC(=O)NC1CCc2cc(F)ccc21)c1ccccc1. The Morgan fingerprint density at radius 3 is 2.82 bits per heavy atom. The molecular formula is C18H19FN2O. The van der Waals surface area contributed by atoms with Crippen molar-refractivity contribution in [3.05, 3.63) is 71.0 Å². The van der Waals surface area contributed by atoms with E-state index >= 15 is 0 Å². The molecule has 2 unspecified atom stereocenters. The van der Waals surface area contributed by atoms with Crippen LogP contribution < -0.4 is 11.1 Å². The molecule has 0 aromatic heterocycles. The number of nitrogens with two attached hydrogens (primary N) is 1. The molecule has 2 aromatic rings. The summed E-state index contributed by atoms with van der Waals surface area (Å²) in [5.74, 6) is -0.296. The van der Waals surface area contributed by atoms with Crippen LogP contribution in [-0.2, 0) is 11.2 Å². The van der Waals surface area contributed by atoms with E-state index in [2.05, 4.69) is 5.32 Å². The lowest BCUT2D eigenvalue weighted by Crippen LogP contribution is -2.30. The molecule has 4 heteroatoms. The standard InChI is InChI=1S/C18H19FN2O/c19-14-7-8-15-13(10-14)6-9-17(15)21-18(22)11-16(20)12-4-2-1-3-5-12/h1-5,7-8,10,16-17H,6,9,11,20H2,(H,21,22). The van der Waals surface area contributed by atoms with Crippen molar-refractivity contribution in [2.24, 2.45) is 5.73 Å². The quantitative estimate of drug-likeness (QED) is 0.911. The molecule has 0 saturated heterocycles. The van der Waals surface area contributed by atoms with Crippen molar-refractivity contribution in [3.63, 3.8) is 0 Å². The zero-order valence-electron chi connectivity index (χ0n) is 12.3. The van der Waals surface area contributed by atoms with Crippen molar-refractivity contribution in [2.45, 2.75) is 31.3 Å². The summed E-state index contributed by atoms with van der Waals surface area (Å²) >= 11 is 0. The summed E-state index contributed by atoms with van der Waals surface area (Å²) in [4.78, 5) is 12.2. The van der Waals surface area contributed by atoms with E-state index in [9.17, 15) is 9.18 Å². The van der Waals surface area contributed by atoms with Crippen LogP contribution in [0.1, 0.15) is 41.6 Å². The van der Waals surface area contributed by atoms with Gasteiger partial charge in [-0.25, -0.2) is 4.39 Å². The van der Waals surface area contributed by atoms with Gasteiger partial charge >= 0.3 is 0 Å². The lowest BCUT2D eigenvalue weighted by atomic mass is 10.0. The normalized spacial score (nSPS) is 17.8. The highest BCUT2D eigenvalue weighted by Crippen LogP contribution is 2.31. The number of hydrogen-bond acceptors (Lipinski definition) is 2. The molecule has 0 spiro atoms. The van der Waals surface area contributed by atoms with Crippen molar-refractivity contribution in [1.82, 2.24) is 5.32 Å². The summed E-state index contributed by atoms with van der Waals surface area (Å²) in [6, 6.07) is 14.0. The van der Waals surface area contributed by atoms with Gasteiger partial charge in [0, 0.05) is 12.5 Å². The van der Waals surface area contributed by atoms with E-state index in [1.54, 1.807) is 12.1 Å². The van der Waals surface area contributed by atoms with E-state index in [1.165, 1.54) is 6.07 Å². The number of amides is 1. The summed E-state index contributed by atoms with van der Waals surface area (Å²) in [7, 11) is 0. The van der Waals surface area contributed by atoms with Crippen molar-refractivity contribution in [2.75, 3.05) is 0 Å². The van der Waals surface area contributed by atoms with Gasteiger partial charge in [-0.15, -0.1) is 0 Å². The Morgan fingerprint density at radius 2 is 2.05 bits per heavy atom. The largest absolute Gasteiger partial charge is 0.349 e. The molecule has 0 radical (unpaired) electrons. The number of halogens is 1. The summed E-state index contributed by atoms with van der Waals surface area (Å²) < 4.78 is 13.2. The fourth-order valence-electron chi connectivity index (χ4n) is 3.01. The Kier molecular flexibility index (Phi) is 4.20. The molecule has 1 amide bonds. The second kappa shape index (κ2) is 6.28. The maximum absolute atomic E-state index is 13.2. The van der Waals surface area contributed by atoms with Crippen LogP contribution in [-0.4, -0.2) is 5.91 Å². The third kappa shape index (κ3) is 3.17. The number of rotatable bonds is 4. The van der Waals surface area contributed by atoms with Gasteiger partial charge in [0.15, 0.2) is 0 Å². The van der Waals surface area contributed by atoms with Crippen LogP contribution >= 0.6 is 0 Å². The topological polar surface area (TPSA) is 55.1 Å². The first-order valence-corrected chi connectivity index (χ1v) is 7.51. The minimum atomic E-state index is -0.310. The van der Waals surface area contributed by atoms with Gasteiger partial charge in [-0.1, -0.05) is 36.4 Å². The first-order valence-electron chi connectivity index (χ1n) is 7.51. The molecule has 2 atom stereocenters. The molecule has 114 valence electrons. The molecule has 3 N–H and O–H groups in total. The molecule has 22 heavy (non-hydrogen) atoms. The van der Waals surface area contributed by atoms with E-state index in [1.807, 2.05) is 30.3 Å². The number of hydrogen-bond donors (Lipinski definition) is 2. The summed E-state index contributed by atoms with van der Waals surface area (Å²) in [5, 5.41) is 3.01. The minimum absolute atomic E-state index is 0.0360. The Labute approximate surface area is 129 Å². The monoisotopic (exact) mass is 298 g/mol. The number of benzene rings is 2. The minimum Gasteiger partial charge on any atom is -0.349 e. The fourth-order valence-corrected chi connectivity index (χ4v) is 3.01. The number of carbonyl (C=O) groups excluding carboxylic acids is 1. The van der Waals surface area contributed by atoms with Crippen molar-refractivity contribution in [3.8, 4) is 0 Å². The Hall–Kier alpha value is -2.20. The predicted molar refractivity (Wildman–Crippen MR) is 83.6 cm³/mol. The molecule has 3 rings (SSSR count). The zero-order chi connectivity index (χ0) is 15.5. The molecule has 1 aliphatic carbocycles. The number of aryl methyl sites for hydroxylation is 1. The van der Waals surface area contributed by atoms with Crippen LogP contribution in [0.25, 0.3) is 0 Å². The molecule has 0 bridgehead atoms. The highest BCUT2D eigenvalue weighted by Gasteiger charge is 2.24. The van der Waals surface area contributed by atoms with Crippen molar-refractivity contribution >= 4 is 5.91 Å². The van der Waals surface area contributed by atoms with Crippen LogP contribution in [0, 0.1) is 5.82 Å². The Bertz CT molecular complexity index is 672. The van der Waals surface area contributed by atoms with Crippen LogP contribution in [0.5, 0.6) is 0 Å². The van der Waals surface area contributed by atoms with E-state index < -0.39 is 0 Å². The smallest absolute Gasteiger partial charge is 0.222 e. The number of nitrogens with one attached hydrogen (secondary N) is 1. The van der Waals surface area contributed by atoms with Crippen LogP contribution in [0.15, 0.2) is 48.5 Å². The molecule has 0 aliphatic heterocycles. The number of fused-ring (bicyclic) bond motifs is 1. The highest BCUT2D eigenvalue weighted by atomic mass is 19.1. The lowest BCUT2D eigenvalue weighted by molar-refractivity contribution is -0.122. The van der Waals surface area contributed by atoms with E-state index in [-0.39, 0.29) is 30.2 Å². The van der Waals surface area contributed by atoms with Gasteiger partial charge in [-0.2, -0.15) is 0 Å². The average molecular weight is 298 g/mol. The van der Waals surface area contributed by atoms with Crippen LogP contribution in [0.2, 0.25) is 0 Å². The third-order valence-corrected chi connectivity index (χ3v) is 4.15. The maximum atomic E-state index is 13.2. The maximum Gasteiger partial charge on any atom is 0.222 e. The van der Waals surface area contributed by atoms with E-state index in [0.29, 0.717) is 0 Å². The summed E-state index contributed by atoms with van der Waals surface area (Å²) in [6.07, 6.45) is 1.85. The van der Waals surface area contributed by atoms with Gasteiger partial charge in [0.1, 0.15) is 5.82 Å². The predicted octanol–water partition coefficient (Wildman–Crippen LogP) is 3.02. The Balaban J connectivity index is 1.62. The summed E-state index contributed by atoms with van der Waals surface area (Å²) in [5.41, 5.74) is 9.03. The van der Waals surface area contributed by atoms with Gasteiger partial charge in [0.25, 0.3) is 0 Å². The van der Waals surface area contributed by atoms with Gasteiger partial charge in [0.05, 0.1) is 6.04 Å². The van der Waals surface area contributed by atoms with Crippen molar-refractivity contribution in [1.29, 1.82) is 0 Å². The molecular weight excluding hydrogens is 279 g/mol. The molecule has 0 fully saturated rings. The fraction of sp³-hybridized carbons (Fsp3) is 0.278. The molecule has 3 nitrogen and oxygen atoms in total. The molecule has 1 aliphatic rings. The highest BCUT2D eigenvalue weighted by molar-refractivity contribution is 5.77. The van der Waals surface area contributed by atoms with E-state index in [0.717, 1.165) is 29.5 Å². The first kappa shape index (κ1) is 14.7. The van der Waals surface area contributed by atoms with Crippen LogP contribution in [0.3, 0.4) is 0 Å². The summed E-state index contributed by atoms with van der Waals surface area (Å²) in [6.45, 7) is 0. The molecule has 0 heterocycles. The van der Waals surface area contributed by atoms with E-state index in [4.69, 9.17) is 5.73 Å². The van der Waals surface area contributed by atoms with Gasteiger partial charge in [-0.3, -0.25) is 4.79 Å². The third-order valence-electron chi connectivity index (χ3n) is 4.15. The Morgan fingerprint density at radius 1 is 1.27 bits per heavy atom. The van der Waals surface area contributed by atoms with Crippen molar-refractivity contribution < 1.29 is 9.18 Å². The van der Waals surface area contributed by atoms with Gasteiger partial charge in [0.2, 0.25) is 5.91 Å². The van der Waals surface area contributed by atoms with Crippen LogP contribution in [0.4, 0.5) is 4.39 Å². The molecule has 0 saturated carbocycles. The second-order valence-corrected chi connectivity index (χ2v) is 5.72. The first-order chi connectivity index (χ1) is 10.6. The number of carbonyl (C=O) groups is 1. The lowest BCUT2D eigenvalue weighted by Gasteiger charge is -2.17. The van der Waals surface area contributed by atoms with Gasteiger partial charge < -0.3 is 11.1 Å². The van der Waals surface area contributed by atoms with Gasteiger partial charge in [-0.05, 0) is 41.7 Å². The molecule has 2 aromatic carbocycles. The zero-order valence-corrected chi connectivity index (χ0v) is 12.3. The average Bonchev–Trinajstić information content (AvgIpc) is 2.90. The second-order valence-electron chi connectivity index (χ2n) is 5.72.